The van der Waals surface area contributed by atoms with Gasteiger partial charge in [-0.1, -0.05) is 47.5 Å². The van der Waals surface area contributed by atoms with Gasteiger partial charge in [0.1, 0.15) is 5.69 Å². The number of benzene rings is 2. The van der Waals surface area contributed by atoms with Crippen LogP contribution in [0, 0.1) is 13.8 Å². The fraction of sp³-hybridized carbons (Fsp3) is 0.136. The lowest BCUT2D eigenvalue weighted by atomic mass is 10.1. The molecule has 26 heavy (non-hydrogen) atoms. The van der Waals surface area contributed by atoms with Crippen molar-refractivity contribution in [3.63, 3.8) is 0 Å². The van der Waals surface area contributed by atoms with E-state index in [0.29, 0.717) is 17.8 Å². The second kappa shape index (κ2) is 6.56. The first kappa shape index (κ1) is 16.2. The Balaban J connectivity index is 1.67. The fourth-order valence-corrected chi connectivity index (χ4v) is 3.04. The lowest BCUT2D eigenvalue weighted by Crippen LogP contribution is -2.17. The summed E-state index contributed by atoms with van der Waals surface area (Å²) < 4.78 is 7.50. The molecule has 4 rings (SSSR count). The zero-order chi connectivity index (χ0) is 18.1. The molecule has 0 saturated heterocycles. The summed E-state index contributed by atoms with van der Waals surface area (Å²) in [5, 5.41) is 2.97. The minimum atomic E-state index is -0.146. The number of nitrogens with zero attached hydrogens (tertiary/aromatic N) is 1. The van der Waals surface area contributed by atoms with Crippen LogP contribution in [0.3, 0.4) is 0 Å². The van der Waals surface area contributed by atoms with E-state index >= 15 is 0 Å². The zero-order valence-corrected chi connectivity index (χ0v) is 14.8. The van der Waals surface area contributed by atoms with Crippen LogP contribution in [0.4, 0.5) is 5.69 Å². The summed E-state index contributed by atoms with van der Waals surface area (Å²) in [4.78, 5) is 12.9. The molecule has 4 nitrogen and oxygen atoms in total. The molecule has 2 aromatic heterocycles. The van der Waals surface area contributed by atoms with Gasteiger partial charge < -0.3 is 14.3 Å². The number of hydrogen-bond donors (Lipinski definition) is 1. The van der Waals surface area contributed by atoms with Crippen LogP contribution < -0.4 is 5.32 Å². The molecule has 0 radical (unpaired) electrons. The number of fused-ring (bicyclic) bond motifs is 1. The molecule has 4 heteroatoms. The molecule has 4 aromatic rings. The lowest BCUT2D eigenvalue weighted by molar-refractivity contribution is 0.101. The van der Waals surface area contributed by atoms with E-state index in [1.54, 1.807) is 12.3 Å². The van der Waals surface area contributed by atoms with Gasteiger partial charge in [0.25, 0.3) is 5.91 Å². The molecule has 0 atom stereocenters. The average molecular weight is 344 g/mol. The van der Waals surface area contributed by atoms with E-state index in [0.717, 1.165) is 22.3 Å². The Morgan fingerprint density at radius 2 is 1.62 bits per heavy atom. The quantitative estimate of drug-likeness (QED) is 0.556. The van der Waals surface area contributed by atoms with E-state index < -0.39 is 0 Å². The third-order valence-electron chi connectivity index (χ3n) is 4.53. The number of nitrogens with one attached hydrogen (secondary N) is 1. The van der Waals surface area contributed by atoms with E-state index in [2.05, 4.69) is 36.5 Å². The van der Waals surface area contributed by atoms with Crippen molar-refractivity contribution in [3.8, 4) is 0 Å². The number of rotatable bonds is 4. The van der Waals surface area contributed by atoms with Crippen molar-refractivity contribution in [1.29, 1.82) is 0 Å². The number of aromatic nitrogens is 1. The Kier molecular flexibility index (Phi) is 4.09. The fourth-order valence-electron chi connectivity index (χ4n) is 3.04. The second-order valence-electron chi connectivity index (χ2n) is 6.59. The molecule has 1 amide bonds. The molecule has 0 fully saturated rings. The summed E-state index contributed by atoms with van der Waals surface area (Å²) in [6, 6.07) is 19.8. The summed E-state index contributed by atoms with van der Waals surface area (Å²) >= 11 is 0. The highest BCUT2D eigenvalue weighted by Gasteiger charge is 2.18. The largest absolute Gasteiger partial charge is 0.463 e. The molecule has 0 unspecified atom stereocenters. The molecule has 0 aliphatic carbocycles. The Bertz CT molecular complexity index is 1050. The maximum Gasteiger partial charge on any atom is 0.272 e. The van der Waals surface area contributed by atoms with Crippen molar-refractivity contribution in [1.82, 2.24) is 4.57 Å². The van der Waals surface area contributed by atoms with Crippen LogP contribution in [0.1, 0.15) is 27.2 Å². The van der Waals surface area contributed by atoms with Crippen molar-refractivity contribution in [3.05, 3.63) is 89.3 Å². The van der Waals surface area contributed by atoms with Crippen molar-refractivity contribution in [2.75, 3.05) is 5.32 Å². The molecular weight excluding hydrogens is 324 g/mol. The van der Waals surface area contributed by atoms with Gasteiger partial charge >= 0.3 is 0 Å². The van der Waals surface area contributed by atoms with Crippen molar-refractivity contribution >= 4 is 22.7 Å². The zero-order valence-electron chi connectivity index (χ0n) is 14.8. The van der Waals surface area contributed by atoms with Crippen molar-refractivity contribution < 1.29 is 9.21 Å². The van der Waals surface area contributed by atoms with Crippen LogP contribution in [0.5, 0.6) is 0 Å². The lowest BCUT2D eigenvalue weighted by Gasteiger charge is -2.11. The molecular formula is C22H20N2O2. The number of carbonyl (C=O) groups is 1. The molecule has 2 aromatic carbocycles. The van der Waals surface area contributed by atoms with Gasteiger partial charge in [-0.3, -0.25) is 4.79 Å². The monoisotopic (exact) mass is 344 g/mol. The van der Waals surface area contributed by atoms with Gasteiger partial charge in [-0.15, -0.1) is 0 Å². The van der Waals surface area contributed by atoms with Gasteiger partial charge in [-0.05, 0) is 31.5 Å². The van der Waals surface area contributed by atoms with Gasteiger partial charge in [0.15, 0.2) is 5.58 Å². The molecule has 0 aliphatic rings. The van der Waals surface area contributed by atoms with Gasteiger partial charge in [0.2, 0.25) is 0 Å². The van der Waals surface area contributed by atoms with E-state index in [1.165, 1.54) is 5.56 Å². The number of carbonyl (C=O) groups excluding carboxylic acids is 1. The summed E-state index contributed by atoms with van der Waals surface area (Å²) in [5.41, 5.74) is 6.50. The van der Waals surface area contributed by atoms with Gasteiger partial charge in [0, 0.05) is 24.4 Å². The van der Waals surface area contributed by atoms with Crippen LogP contribution in [-0.2, 0) is 6.54 Å². The summed E-state index contributed by atoms with van der Waals surface area (Å²) in [6.45, 7) is 4.70. The van der Waals surface area contributed by atoms with E-state index in [1.807, 2.05) is 41.8 Å². The highest BCUT2D eigenvalue weighted by atomic mass is 16.3. The molecule has 130 valence electrons. The topological polar surface area (TPSA) is 47.2 Å². The molecule has 0 bridgehead atoms. The first-order valence-electron chi connectivity index (χ1n) is 8.60. The van der Waals surface area contributed by atoms with Crippen molar-refractivity contribution in [2.45, 2.75) is 20.4 Å². The summed E-state index contributed by atoms with van der Waals surface area (Å²) in [5.74, 6) is -0.146. The normalized spacial score (nSPS) is 11.0. The van der Waals surface area contributed by atoms with E-state index in [-0.39, 0.29) is 5.91 Å². The maximum absolute atomic E-state index is 12.9. The van der Waals surface area contributed by atoms with Crippen LogP contribution in [-0.4, -0.2) is 10.5 Å². The first-order chi connectivity index (χ1) is 12.6. The van der Waals surface area contributed by atoms with Crippen LogP contribution in [0.15, 0.2) is 71.3 Å². The number of hydrogen-bond acceptors (Lipinski definition) is 2. The minimum absolute atomic E-state index is 0.146. The number of anilines is 1. The maximum atomic E-state index is 12.9. The Morgan fingerprint density at radius 1 is 0.962 bits per heavy atom. The molecule has 0 saturated carbocycles. The predicted octanol–water partition coefficient (Wildman–Crippen LogP) is 5.15. The predicted molar refractivity (Wildman–Crippen MR) is 104 cm³/mol. The number of aryl methyl sites for hydroxylation is 2. The SMILES string of the molecule is Cc1ccc(Cn2c(C(=O)Nc3ccc(C)cc3)cc3occc32)cc1. The molecule has 0 aliphatic heterocycles. The second-order valence-corrected chi connectivity index (χ2v) is 6.59. The minimum Gasteiger partial charge on any atom is -0.463 e. The van der Waals surface area contributed by atoms with Crippen LogP contribution in [0.2, 0.25) is 0 Å². The van der Waals surface area contributed by atoms with E-state index in [4.69, 9.17) is 4.42 Å². The summed E-state index contributed by atoms with van der Waals surface area (Å²) in [7, 11) is 0. The van der Waals surface area contributed by atoms with Crippen molar-refractivity contribution in [2.24, 2.45) is 0 Å². The number of amides is 1. The van der Waals surface area contributed by atoms with Gasteiger partial charge in [0.05, 0.1) is 11.8 Å². The smallest absolute Gasteiger partial charge is 0.272 e. The Labute approximate surface area is 152 Å². The third kappa shape index (κ3) is 3.14. The first-order valence-corrected chi connectivity index (χ1v) is 8.60. The third-order valence-corrected chi connectivity index (χ3v) is 4.53. The molecule has 2 heterocycles. The number of furan rings is 1. The highest BCUT2D eigenvalue weighted by Crippen LogP contribution is 2.23. The van der Waals surface area contributed by atoms with Gasteiger partial charge in [-0.2, -0.15) is 0 Å². The Hall–Kier alpha value is -3.27. The highest BCUT2D eigenvalue weighted by molar-refractivity contribution is 6.05. The van der Waals surface area contributed by atoms with Crippen LogP contribution in [0.25, 0.3) is 11.1 Å². The standard InChI is InChI=1S/C22H20N2O2/c1-15-3-7-17(8-4-15)14-24-19-11-12-26-21(19)13-20(24)22(25)23-18-9-5-16(2)6-10-18/h3-13H,14H2,1-2H3,(H,23,25). The van der Waals surface area contributed by atoms with E-state index in [9.17, 15) is 4.79 Å². The average Bonchev–Trinajstić information content (AvgIpc) is 3.21. The Morgan fingerprint density at radius 3 is 2.31 bits per heavy atom. The molecule has 0 spiro atoms. The van der Waals surface area contributed by atoms with Gasteiger partial charge in [-0.25, -0.2) is 0 Å². The summed E-state index contributed by atoms with van der Waals surface area (Å²) in [6.07, 6.45) is 1.65. The molecule has 1 N–H and O–H groups in total. The van der Waals surface area contributed by atoms with Crippen LogP contribution >= 0.6 is 0 Å².